The zero-order valence-corrected chi connectivity index (χ0v) is 20.0. The van der Waals surface area contributed by atoms with E-state index in [1.165, 1.54) is 66.5 Å². The molecule has 0 aliphatic rings. The second kappa shape index (κ2) is 13.7. The lowest BCUT2D eigenvalue weighted by molar-refractivity contribution is 0.304. The van der Waals surface area contributed by atoms with Crippen LogP contribution in [0.15, 0.2) is 66.9 Å². The van der Waals surface area contributed by atoms with Gasteiger partial charge in [0.15, 0.2) is 0 Å². The molecule has 0 saturated carbocycles. The van der Waals surface area contributed by atoms with Crippen molar-refractivity contribution in [2.24, 2.45) is 0 Å². The lowest BCUT2D eigenvalue weighted by atomic mass is 10.0. The summed E-state index contributed by atoms with van der Waals surface area (Å²) in [5, 5.41) is 0. The standard InChI is InChI=1S/C30H39NO/c1-3-5-6-7-8-9-10-23-32-30-21-17-28(18-22-30)27-15-11-26(12-16-27)14-20-29-19-13-25(4-2)24-31-29/h11-13,15-19,21-22,24H,3-10,14,20,23H2,1-2H3. The first-order valence-corrected chi connectivity index (χ1v) is 12.5. The van der Waals surface area contributed by atoms with E-state index in [-0.39, 0.29) is 0 Å². The van der Waals surface area contributed by atoms with E-state index in [0.717, 1.165) is 38.0 Å². The summed E-state index contributed by atoms with van der Waals surface area (Å²) >= 11 is 0. The fourth-order valence-corrected chi connectivity index (χ4v) is 3.94. The van der Waals surface area contributed by atoms with Gasteiger partial charge in [-0.25, -0.2) is 0 Å². The second-order valence-electron chi connectivity index (χ2n) is 8.70. The largest absolute Gasteiger partial charge is 0.494 e. The van der Waals surface area contributed by atoms with Gasteiger partial charge in [0.25, 0.3) is 0 Å². The number of aromatic nitrogens is 1. The molecule has 2 aromatic carbocycles. The van der Waals surface area contributed by atoms with Crippen molar-refractivity contribution in [1.82, 2.24) is 4.98 Å². The third-order valence-electron chi connectivity index (χ3n) is 6.12. The van der Waals surface area contributed by atoms with Crippen molar-refractivity contribution in [2.75, 3.05) is 6.61 Å². The monoisotopic (exact) mass is 429 g/mol. The van der Waals surface area contributed by atoms with Crippen molar-refractivity contribution in [3.63, 3.8) is 0 Å². The van der Waals surface area contributed by atoms with Gasteiger partial charge in [-0.2, -0.15) is 0 Å². The van der Waals surface area contributed by atoms with E-state index in [2.05, 4.69) is 79.5 Å². The molecular formula is C30H39NO. The first kappa shape index (κ1) is 24.0. The summed E-state index contributed by atoms with van der Waals surface area (Å²) in [6.07, 6.45) is 14.2. The predicted molar refractivity (Wildman–Crippen MR) is 136 cm³/mol. The summed E-state index contributed by atoms with van der Waals surface area (Å²) in [5.41, 5.74) is 6.30. The van der Waals surface area contributed by atoms with Crippen LogP contribution in [0.3, 0.4) is 0 Å². The van der Waals surface area contributed by atoms with Gasteiger partial charge >= 0.3 is 0 Å². The normalized spacial score (nSPS) is 10.9. The predicted octanol–water partition coefficient (Wildman–Crippen LogP) is 8.23. The third kappa shape index (κ3) is 8.15. The molecular weight excluding hydrogens is 390 g/mol. The van der Waals surface area contributed by atoms with Crippen LogP contribution < -0.4 is 4.74 Å². The highest BCUT2D eigenvalue weighted by Crippen LogP contribution is 2.23. The van der Waals surface area contributed by atoms with Crippen LogP contribution >= 0.6 is 0 Å². The number of ether oxygens (including phenoxy) is 1. The second-order valence-corrected chi connectivity index (χ2v) is 8.70. The topological polar surface area (TPSA) is 22.1 Å². The minimum absolute atomic E-state index is 0.817. The Labute approximate surface area is 195 Å². The Morgan fingerprint density at radius 3 is 1.88 bits per heavy atom. The average molecular weight is 430 g/mol. The van der Waals surface area contributed by atoms with Crippen LogP contribution in [0.2, 0.25) is 0 Å². The number of benzene rings is 2. The van der Waals surface area contributed by atoms with E-state index in [0.29, 0.717) is 0 Å². The first-order valence-electron chi connectivity index (χ1n) is 12.5. The van der Waals surface area contributed by atoms with Gasteiger partial charge in [0.05, 0.1) is 6.61 Å². The SMILES string of the molecule is CCCCCCCCCOc1ccc(-c2ccc(CCc3ccc(CC)cn3)cc2)cc1. The molecule has 0 amide bonds. The molecule has 0 unspecified atom stereocenters. The van der Waals surface area contributed by atoms with Crippen LogP contribution in [0.1, 0.15) is 75.6 Å². The first-order chi connectivity index (χ1) is 15.8. The van der Waals surface area contributed by atoms with Crippen LogP contribution in [0.25, 0.3) is 11.1 Å². The smallest absolute Gasteiger partial charge is 0.119 e. The fourth-order valence-electron chi connectivity index (χ4n) is 3.94. The Morgan fingerprint density at radius 2 is 1.25 bits per heavy atom. The van der Waals surface area contributed by atoms with Gasteiger partial charge < -0.3 is 4.74 Å². The molecule has 32 heavy (non-hydrogen) atoms. The molecule has 0 bridgehead atoms. The Bertz CT molecular complexity index is 882. The van der Waals surface area contributed by atoms with Crippen molar-refractivity contribution >= 4 is 0 Å². The number of hydrogen-bond donors (Lipinski definition) is 0. The molecule has 0 N–H and O–H groups in total. The zero-order valence-electron chi connectivity index (χ0n) is 20.0. The molecule has 170 valence electrons. The molecule has 1 aromatic heterocycles. The quantitative estimate of drug-likeness (QED) is 0.241. The van der Waals surface area contributed by atoms with Gasteiger partial charge in [-0.3, -0.25) is 4.98 Å². The minimum Gasteiger partial charge on any atom is -0.494 e. The maximum atomic E-state index is 5.93. The van der Waals surface area contributed by atoms with E-state index >= 15 is 0 Å². The Morgan fingerprint density at radius 1 is 0.625 bits per heavy atom. The third-order valence-corrected chi connectivity index (χ3v) is 6.12. The van der Waals surface area contributed by atoms with Crippen molar-refractivity contribution in [3.8, 4) is 16.9 Å². The number of aryl methyl sites for hydroxylation is 3. The maximum absolute atomic E-state index is 5.93. The molecule has 0 fully saturated rings. The lowest BCUT2D eigenvalue weighted by Gasteiger charge is -2.08. The van der Waals surface area contributed by atoms with Crippen molar-refractivity contribution in [2.45, 2.75) is 78.1 Å². The fraction of sp³-hybridized carbons (Fsp3) is 0.433. The number of pyridine rings is 1. The Hall–Kier alpha value is -2.61. The number of rotatable bonds is 14. The summed E-state index contributed by atoms with van der Waals surface area (Å²) < 4.78 is 5.93. The van der Waals surface area contributed by atoms with Crippen LogP contribution in [-0.4, -0.2) is 11.6 Å². The summed E-state index contributed by atoms with van der Waals surface area (Å²) in [4.78, 5) is 4.57. The van der Waals surface area contributed by atoms with Crippen molar-refractivity contribution in [3.05, 3.63) is 83.7 Å². The molecule has 2 heteroatoms. The van der Waals surface area contributed by atoms with Crippen LogP contribution in [0.5, 0.6) is 5.75 Å². The molecule has 2 nitrogen and oxygen atoms in total. The van der Waals surface area contributed by atoms with Gasteiger partial charge in [0, 0.05) is 11.9 Å². The Balaban J connectivity index is 1.40. The van der Waals surface area contributed by atoms with Crippen LogP contribution in [-0.2, 0) is 19.3 Å². The molecule has 0 aliphatic heterocycles. The van der Waals surface area contributed by atoms with Gasteiger partial charge in [0.1, 0.15) is 5.75 Å². The van der Waals surface area contributed by atoms with E-state index in [1.807, 2.05) is 6.20 Å². The highest BCUT2D eigenvalue weighted by Gasteiger charge is 2.02. The number of nitrogens with zero attached hydrogens (tertiary/aromatic N) is 1. The number of unbranched alkanes of at least 4 members (excludes halogenated alkanes) is 6. The van der Waals surface area contributed by atoms with Gasteiger partial charge in [0.2, 0.25) is 0 Å². The maximum Gasteiger partial charge on any atom is 0.119 e. The van der Waals surface area contributed by atoms with Crippen LogP contribution in [0, 0.1) is 0 Å². The van der Waals surface area contributed by atoms with Crippen LogP contribution in [0.4, 0.5) is 0 Å². The molecule has 3 aromatic rings. The lowest BCUT2D eigenvalue weighted by Crippen LogP contribution is -1.97. The van der Waals surface area contributed by atoms with Gasteiger partial charge in [-0.1, -0.05) is 94.8 Å². The molecule has 0 saturated heterocycles. The molecule has 0 aliphatic carbocycles. The van der Waals surface area contributed by atoms with E-state index < -0.39 is 0 Å². The molecule has 0 radical (unpaired) electrons. The summed E-state index contributed by atoms with van der Waals surface area (Å²) in [6, 6.07) is 21.8. The van der Waals surface area contributed by atoms with Gasteiger partial charge in [-0.05, 0) is 66.1 Å². The summed E-state index contributed by atoms with van der Waals surface area (Å²) in [7, 11) is 0. The average Bonchev–Trinajstić information content (AvgIpc) is 2.85. The molecule has 1 heterocycles. The molecule has 3 rings (SSSR count). The minimum atomic E-state index is 0.817. The van der Waals surface area contributed by atoms with E-state index in [4.69, 9.17) is 4.74 Å². The highest BCUT2D eigenvalue weighted by atomic mass is 16.5. The Kier molecular flexibility index (Phi) is 10.3. The highest BCUT2D eigenvalue weighted by molar-refractivity contribution is 5.64. The van der Waals surface area contributed by atoms with Crippen molar-refractivity contribution < 1.29 is 4.74 Å². The summed E-state index contributed by atoms with van der Waals surface area (Å²) in [5.74, 6) is 0.970. The number of hydrogen-bond acceptors (Lipinski definition) is 2. The molecule has 0 spiro atoms. The van der Waals surface area contributed by atoms with E-state index in [1.54, 1.807) is 0 Å². The van der Waals surface area contributed by atoms with Gasteiger partial charge in [-0.15, -0.1) is 0 Å². The van der Waals surface area contributed by atoms with E-state index in [9.17, 15) is 0 Å². The summed E-state index contributed by atoms with van der Waals surface area (Å²) in [6.45, 7) is 5.24. The van der Waals surface area contributed by atoms with Crippen molar-refractivity contribution in [1.29, 1.82) is 0 Å². The molecule has 0 atom stereocenters. The zero-order chi connectivity index (χ0) is 22.4.